The molecule has 0 saturated carbocycles. The van der Waals surface area contributed by atoms with Crippen LogP contribution in [0, 0.1) is 0 Å². The Morgan fingerprint density at radius 1 is 1.61 bits per heavy atom. The van der Waals surface area contributed by atoms with Gasteiger partial charge in [-0.25, -0.2) is 8.42 Å². The van der Waals surface area contributed by atoms with Gasteiger partial charge in [-0.05, 0) is 41.4 Å². The van der Waals surface area contributed by atoms with Gasteiger partial charge in [0, 0.05) is 34.9 Å². The molecular weight excluding hydrogens is 336 g/mol. The van der Waals surface area contributed by atoms with Crippen molar-refractivity contribution in [2.24, 2.45) is 0 Å². The van der Waals surface area contributed by atoms with E-state index in [1.165, 1.54) is 4.31 Å². The number of nitrogens with one attached hydrogen (secondary N) is 1. The summed E-state index contributed by atoms with van der Waals surface area (Å²) in [6.45, 7) is 1.95. The van der Waals surface area contributed by atoms with Crippen molar-refractivity contribution in [3.8, 4) is 0 Å². The predicted octanol–water partition coefficient (Wildman–Crippen LogP) is 2.02. The second-order valence-electron chi connectivity index (χ2n) is 4.50. The van der Waals surface area contributed by atoms with Crippen LogP contribution in [0.25, 0.3) is 0 Å². The van der Waals surface area contributed by atoms with E-state index in [4.69, 9.17) is 0 Å². The summed E-state index contributed by atoms with van der Waals surface area (Å²) in [4.78, 5) is 1.05. The minimum atomic E-state index is -3.19. The standard InChI is InChI=1S/C11H17BrN2O2S2/c1-14(7-10-5-9(12)8-17-10)18(15,16)11-3-2-4-13-6-11/h5,8,11,13H,2-4,6-7H2,1H3. The topological polar surface area (TPSA) is 49.4 Å². The van der Waals surface area contributed by atoms with Gasteiger partial charge in [0.1, 0.15) is 0 Å². The summed E-state index contributed by atoms with van der Waals surface area (Å²) in [5, 5.41) is 4.85. The highest BCUT2D eigenvalue weighted by atomic mass is 79.9. The molecule has 0 amide bonds. The molecule has 18 heavy (non-hydrogen) atoms. The summed E-state index contributed by atoms with van der Waals surface area (Å²) in [6, 6.07) is 1.97. The van der Waals surface area contributed by atoms with Gasteiger partial charge in [-0.3, -0.25) is 0 Å². The predicted molar refractivity (Wildman–Crippen MR) is 78.3 cm³/mol. The summed E-state index contributed by atoms with van der Waals surface area (Å²) >= 11 is 4.95. The number of nitrogens with zero attached hydrogens (tertiary/aromatic N) is 1. The Morgan fingerprint density at radius 3 is 2.94 bits per heavy atom. The Hall–Kier alpha value is 0.0500. The molecule has 0 spiro atoms. The van der Waals surface area contributed by atoms with E-state index in [2.05, 4.69) is 21.2 Å². The zero-order valence-corrected chi connectivity index (χ0v) is 13.4. The molecule has 0 bridgehead atoms. The third kappa shape index (κ3) is 3.33. The average molecular weight is 353 g/mol. The molecule has 7 heteroatoms. The normalized spacial score (nSPS) is 21.4. The van der Waals surface area contributed by atoms with Crippen molar-refractivity contribution < 1.29 is 8.42 Å². The zero-order chi connectivity index (χ0) is 13.2. The maximum atomic E-state index is 12.4. The van der Waals surface area contributed by atoms with Crippen LogP contribution >= 0.6 is 27.3 Å². The molecule has 1 N–H and O–H groups in total. The van der Waals surface area contributed by atoms with E-state index in [1.54, 1.807) is 18.4 Å². The van der Waals surface area contributed by atoms with Crippen LogP contribution in [-0.2, 0) is 16.6 Å². The van der Waals surface area contributed by atoms with Gasteiger partial charge < -0.3 is 5.32 Å². The molecule has 1 saturated heterocycles. The number of thiophene rings is 1. The third-order valence-electron chi connectivity index (χ3n) is 3.11. The lowest BCUT2D eigenvalue weighted by molar-refractivity contribution is 0.431. The van der Waals surface area contributed by atoms with E-state index < -0.39 is 10.0 Å². The molecule has 1 aromatic rings. The lowest BCUT2D eigenvalue weighted by Crippen LogP contribution is -2.44. The first-order valence-corrected chi connectivity index (χ1v) is 9.06. The van der Waals surface area contributed by atoms with Crippen LogP contribution in [0.3, 0.4) is 0 Å². The highest BCUT2D eigenvalue weighted by Gasteiger charge is 2.30. The molecule has 0 aliphatic carbocycles. The molecule has 1 atom stereocenters. The lowest BCUT2D eigenvalue weighted by atomic mass is 10.2. The quantitative estimate of drug-likeness (QED) is 0.901. The second-order valence-corrected chi connectivity index (χ2v) is 8.73. The van der Waals surface area contributed by atoms with Gasteiger partial charge in [0.2, 0.25) is 10.0 Å². The summed E-state index contributed by atoms with van der Waals surface area (Å²) < 4.78 is 27.2. The van der Waals surface area contributed by atoms with Crippen LogP contribution in [0.4, 0.5) is 0 Å². The first-order chi connectivity index (χ1) is 8.50. The van der Waals surface area contributed by atoms with Crippen molar-refractivity contribution >= 4 is 37.3 Å². The third-order valence-corrected chi connectivity index (χ3v) is 7.03. The Kier molecular flexibility index (Phi) is 4.82. The fraction of sp³-hybridized carbons (Fsp3) is 0.636. The smallest absolute Gasteiger partial charge is 0.218 e. The van der Waals surface area contributed by atoms with Crippen LogP contribution in [-0.4, -0.2) is 38.1 Å². The van der Waals surface area contributed by atoms with Crippen LogP contribution in [0.1, 0.15) is 17.7 Å². The molecule has 0 aromatic carbocycles. The zero-order valence-electron chi connectivity index (χ0n) is 10.2. The maximum absolute atomic E-state index is 12.4. The van der Waals surface area contributed by atoms with E-state index in [0.717, 1.165) is 28.7 Å². The molecule has 1 fully saturated rings. The monoisotopic (exact) mass is 352 g/mol. The maximum Gasteiger partial charge on any atom is 0.218 e. The molecule has 1 aromatic heterocycles. The molecule has 1 unspecified atom stereocenters. The molecule has 2 rings (SSSR count). The van der Waals surface area contributed by atoms with Gasteiger partial charge in [-0.1, -0.05) is 0 Å². The Labute approximate surface area is 121 Å². The van der Waals surface area contributed by atoms with E-state index in [9.17, 15) is 8.42 Å². The van der Waals surface area contributed by atoms with Gasteiger partial charge in [-0.15, -0.1) is 11.3 Å². The fourth-order valence-corrected chi connectivity index (χ4v) is 5.28. The van der Waals surface area contributed by atoms with Crippen LogP contribution in [0.5, 0.6) is 0 Å². The van der Waals surface area contributed by atoms with Crippen molar-refractivity contribution in [1.29, 1.82) is 0 Å². The summed E-state index contributed by atoms with van der Waals surface area (Å²) in [5.41, 5.74) is 0. The minimum Gasteiger partial charge on any atom is -0.315 e. The van der Waals surface area contributed by atoms with Crippen molar-refractivity contribution in [1.82, 2.24) is 9.62 Å². The first-order valence-electron chi connectivity index (χ1n) is 5.89. The lowest BCUT2D eigenvalue weighted by Gasteiger charge is -2.27. The van der Waals surface area contributed by atoms with Crippen molar-refractivity contribution in [3.05, 3.63) is 20.8 Å². The highest BCUT2D eigenvalue weighted by molar-refractivity contribution is 9.10. The van der Waals surface area contributed by atoms with Crippen LogP contribution < -0.4 is 5.32 Å². The number of sulfonamides is 1. The Balaban J connectivity index is 2.04. The number of rotatable bonds is 4. The summed E-state index contributed by atoms with van der Waals surface area (Å²) in [6.07, 6.45) is 1.69. The van der Waals surface area contributed by atoms with Crippen molar-refractivity contribution in [2.75, 3.05) is 20.1 Å². The first kappa shape index (κ1) is 14.5. The van der Waals surface area contributed by atoms with Gasteiger partial charge >= 0.3 is 0 Å². The number of halogens is 1. The largest absolute Gasteiger partial charge is 0.315 e. The van der Waals surface area contributed by atoms with Gasteiger partial charge in [-0.2, -0.15) is 4.31 Å². The molecule has 102 valence electrons. The molecule has 4 nitrogen and oxygen atoms in total. The van der Waals surface area contributed by atoms with Crippen molar-refractivity contribution in [3.63, 3.8) is 0 Å². The van der Waals surface area contributed by atoms with Gasteiger partial charge in [0.25, 0.3) is 0 Å². The van der Waals surface area contributed by atoms with E-state index in [1.807, 2.05) is 11.4 Å². The van der Waals surface area contributed by atoms with E-state index in [-0.39, 0.29) is 5.25 Å². The molecule has 0 radical (unpaired) electrons. The number of hydrogen-bond donors (Lipinski definition) is 1. The fourth-order valence-electron chi connectivity index (χ4n) is 2.07. The molecule has 2 heterocycles. The summed E-state index contributed by atoms with van der Waals surface area (Å²) in [7, 11) is -1.52. The minimum absolute atomic E-state index is 0.278. The molecule has 1 aliphatic rings. The molecular formula is C11H17BrN2O2S2. The van der Waals surface area contributed by atoms with Crippen molar-refractivity contribution in [2.45, 2.75) is 24.6 Å². The van der Waals surface area contributed by atoms with Crippen LogP contribution in [0.2, 0.25) is 0 Å². The Bertz CT molecular complexity index is 495. The van der Waals surface area contributed by atoms with Gasteiger partial charge in [0.15, 0.2) is 0 Å². The molecule has 1 aliphatic heterocycles. The Morgan fingerprint density at radius 2 is 2.39 bits per heavy atom. The number of piperidine rings is 1. The summed E-state index contributed by atoms with van der Waals surface area (Å²) in [5.74, 6) is 0. The SMILES string of the molecule is CN(Cc1cc(Br)cs1)S(=O)(=O)C1CCCNC1. The van der Waals surface area contributed by atoms with Gasteiger partial charge in [0.05, 0.1) is 5.25 Å². The second kappa shape index (κ2) is 6.00. The average Bonchev–Trinajstić information content (AvgIpc) is 2.76. The number of hydrogen-bond acceptors (Lipinski definition) is 4. The van der Waals surface area contributed by atoms with Crippen LogP contribution in [0.15, 0.2) is 15.9 Å². The highest BCUT2D eigenvalue weighted by Crippen LogP contribution is 2.23. The van der Waals surface area contributed by atoms with E-state index >= 15 is 0 Å². The van der Waals surface area contributed by atoms with E-state index in [0.29, 0.717) is 13.1 Å².